The summed E-state index contributed by atoms with van der Waals surface area (Å²) in [6.07, 6.45) is 0.0596. The molecule has 0 bridgehead atoms. The fourth-order valence-corrected chi connectivity index (χ4v) is 1.67. The van der Waals surface area contributed by atoms with Crippen molar-refractivity contribution < 1.29 is 29.4 Å². The van der Waals surface area contributed by atoms with E-state index in [1.165, 1.54) is 0 Å². The zero-order chi connectivity index (χ0) is 14.7. The Morgan fingerprint density at radius 2 is 1.32 bits per heavy atom. The van der Waals surface area contributed by atoms with Crippen LogP contribution in [0.4, 0.5) is 0 Å². The molecule has 0 aromatic heterocycles. The van der Waals surface area contributed by atoms with Gasteiger partial charge in [-0.3, -0.25) is 9.59 Å². The Bertz CT molecular complexity index is 585. The summed E-state index contributed by atoms with van der Waals surface area (Å²) in [4.78, 5) is 45.2. The summed E-state index contributed by atoms with van der Waals surface area (Å²) in [5.41, 5.74) is -1.15. The molecule has 0 heterocycles. The molecule has 0 radical (unpaired) electrons. The van der Waals surface area contributed by atoms with Crippen LogP contribution in [0, 0.1) is 0 Å². The second kappa shape index (κ2) is 5.43. The monoisotopic (exact) mass is 264 g/mol. The summed E-state index contributed by atoms with van der Waals surface area (Å²) in [6.45, 7) is 2.70. The van der Waals surface area contributed by atoms with Crippen molar-refractivity contribution in [2.45, 2.75) is 20.3 Å². The Labute approximate surface area is 108 Å². The van der Waals surface area contributed by atoms with E-state index in [4.69, 9.17) is 10.2 Å². The SMILES string of the molecule is CCC(=O)c1cc(C(C)=O)c(C(=O)O)cc1C(=O)O. The van der Waals surface area contributed by atoms with E-state index in [1.54, 1.807) is 6.92 Å². The van der Waals surface area contributed by atoms with Gasteiger partial charge in [-0.2, -0.15) is 0 Å². The van der Waals surface area contributed by atoms with E-state index < -0.39 is 34.6 Å². The van der Waals surface area contributed by atoms with Crippen LogP contribution in [0.25, 0.3) is 0 Å². The van der Waals surface area contributed by atoms with Gasteiger partial charge in [-0.05, 0) is 19.1 Å². The summed E-state index contributed by atoms with van der Waals surface area (Å²) in [6, 6.07) is 1.89. The molecule has 0 saturated heterocycles. The van der Waals surface area contributed by atoms with Crippen LogP contribution in [-0.2, 0) is 0 Å². The van der Waals surface area contributed by atoms with Crippen molar-refractivity contribution in [3.63, 3.8) is 0 Å². The fraction of sp³-hybridized carbons (Fsp3) is 0.231. The van der Waals surface area contributed by atoms with Crippen LogP contribution >= 0.6 is 0 Å². The first-order valence-electron chi connectivity index (χ1n) is 5.48. The lowest BCUT2D eigenvalue weighted by Gasteiger charge is -2.09. The predicted molar refractivity (Wildman–Crippen MR) is 65.0 cm³/mol. The van der Waals surface area contributed by atoms with Crippen LogP contribution in [0.1, 0.15) is 61.7 Å². The molecule has 100 valence electrons. The third kappa shape index (κ3) is 2.85. The highest BCUT2D eigenvalue weighted by atomic mass is 16.4. The quantitative estimate of drug-likeness (QED) is 0.786. The van der Waals surface area contributed by atoms with Crippen molar-refractivity contribution in [3.05, 3.63) is 34.4 Å². The molecule has 1 aromatic carbocycles. The van der Waals surface area contributed by atoms with Crippen LogP contribution < -0.4 is 0 Å². The number of aromatic carboxylic acids is 2. The van der Waals surface area contributed by atoms with Crippen LogP contribution in [0.2, 0.25) is 0 Å². The molecule has 6 nitrogen and oxygen atoms in total. The number of Topliss-reactive ketones (excluding diaryl/α,β-unsaturated/α-hetero) is 2. The molecule has 1 aromatic rings. The van der Waals surface area contributed by atoms with E-state index in [-0.39, 0.29) is 17.5 Å². The molecule has 0 atom stereocenters. The maximum Gasteiger partial charge on any atom is 0.336 e. The van der Waals surface area contributed by atoms with Gasteiger partial charge in [0, 0.05) is 17.5 Å². The molecule has 0 aliphatic carbocycles. The van der Waals surface area contributed by atoms with Gasteiger partial charge in [0.25, 0.3) is 0 Å². The maximum atomic E-state index is 11.7. The average molecular weight is 264 g/mol. The molecule has 2 N–H and O–H groups in total. The summed E-state index contributed by atoms with van der Waals surface area (Å²) >= 11 is 0. The highest BCUT2D eigenvalue weighted by Crippen LogP contribution is 2.20. The topological polar surface area (TPSA) is 109 Å². The molecular formula is C13H12O6. The number of hydrogen-bond donors (Lipinski definition) is 2. The minimum atomic E-state index is -1.41. The van der Waals surface area contributed by atoms with Crippen molar-refractivity contribution >= 4 is 23.5 Å². The molecule has 0 amide bonds. The smallest absolute Gasteiger partial charge is 0.336 e. The third-order valence-electron chi connectivity index (χ3n) is 2.62. The lowest BCUT2D eigenvalue weighted by Crippen LogP contribution is -2.14. The van der Waals surface area contributed by atoms with Crippen LogP contribution in [0.3, 0.4) is 0 Å². The number of carboxylic acid groups (broad SMARTS) is 2. The predicted octanol–water partition coefficient (Wildman–Crippen LogP) is 1.88. The molecule has 0 spiro atoms. The Hall–Kier alpha value is -2.50. The van der Waals surface area contributed by atoms with Crippen molar-refractivity contribution in [1.29, 1.82) is 0 Å². The molecule has 1 rings (SSSR count). The number of hydrogen-bond acceptors (Lipinski definition) is 4. The fourth-order valence-electron chi connectivity index (χ4n) is 1.67. The van der Waals surface area contributed by atoms with Crippen molar-refractivity contribution in [1.82, 2.24) is 0 Å². The molecule has 6 heteroatoms. The molecule has 0 saturated carbocycles. The molecular weight excluding hydrogens is 252 g/mol. The van der Waals surface area contributed by atoms with Crippen molar-refractivity contribution in [2.75, 3.05) is 0 Å². The highest BCUT2D eigenvalue weighted by molar-refractivity contribution is 6.12. The van der Waals surface area contributed by atoms with E-state index in [2.05, 4.69) is 0 Å². The first-order valence-corrected chi connectivity index (χ1v) is 5.48. The summed E-state index contributed by atoms with van der Waals surface area (Å²) in [5.74, 6) is -3.83. The Morgan fingerprint density at radius 1 is 0.895 bits per heavy atom. The molecule has 19 heavy (non-hydrogen) atoms. The second-order valence-corrected chi connectivity index (χ2v) is 3.89. The Morgan fingerprint density at radius 3 is 1.68 bits per heavy atom. The lowest BCUT2D eigenvalue weighted by molar-refractivity contribution is 0.0689. The molecule has 0 fully saturated rings. The maximum absolute atomic E-state index is 11.7. The molecule has 0 unspecified atom stereocenters. The van der Waals surface area contributed by atoms with Gasteiger partial charge in [0.05, 0.1) is 11.1 Å². The summed E-state index contributed by atoms with van der Waals surface area (Å²) < 4.78 is 0. The van der Waals surface area contributed by atoms with Gasteiger partial charge in [0.1, 0.15) is 0 Å². The summed E-state index contributed by atoms with van der Waals surface area (Å²) in [7, 11) is 0. The van der Waals surface area contributed by atoms with Crippen LogP contribution in [-0.4, -0.2) is 33.7 Å². The second-order valence-electron chi connectivity index (χ2n) is 3.89. The average Bonchev–Trinajstić information content (AvgIpc) is 2.35. The third-order valence-corrected chi connectivity index (χ3v) is 2.62. The number of carbonyl (C=O) groups is 4. The normalized spacial score (nSPS) is 10.0. The van der Waals surface area contributed by atoms with E-state index in [9.17, 15) is 19.2 Å². The van der Waals surface area contributed by atoms with Gasteiger partial charge in [-0.25, -0.2) is 9.59 Å². The van der Waals surface area contributed by atoms with Crippen molar-refractivity contribution in [2.24, 2.45) is 0 Å². The van der Waals surface area contributed by atoms with Gasteiger partial charge < -0.3 is 10.2 Å². The zero-order valence-electron chi connectivity index (χ0n) is 10.4. The molecule has 0 aliphatic rings. The standard InChI is InChI=1S/C13H12O6/c1-3-11(15)8-4-7(6(2)14)9(12(16)17)5-10(8)13(18)19/h4-5H,3H2,1-2H3,(H,16,17)(H,18,19). The Kier molecular flexibility index (Phi) is 4.16. The largest absolute Gasteiger partial charge is 0.478 e. The van der Waals surface area contributed by atoms with Crippen molar-refractivity contribution in [3.8, 4) is 0 Å². The number of rotatable bonds is 5. The minimum Gasteiger partial charge on any atom is -0.478 e. The van der Waals surface area contributed by atoms with E-state index in [1.807, 2.05) is 0 Å². The molecule has 0 aliphatic heterocycles. The highest BCUT2D eigenvalue weighted by Gasteiger charge is 2.23. The van der Waals surface area contributed by atoms with Gasteiger partial charge in [-0.1, -0.05) is 6.92 Å². The first-order chi connectivity index (χ1) is 8.79. The number of benzene rings is 1. The van der Waals surface area contributed by atoms with E-state index in [0.717, 1.165) is 19.1 Å². The van der Waals surface area contributed by atoms with Gasteiger partial charge >= 0.3 is 11.9 Å². The van der Waals surface area contributed by atoms with E-state index >= 15 is 0 Å². The zero-order valence-corrected chi connectivity index (χ0v) is 10.4. The number of carbonyl (C=O) groups excluding carboxylic acids is 2. The van der Waals surface area contributed by atoms with Crippen LogP contribution in [0.15, 0.2) is 12.1 Å². The first kappa shape index (κ1) is 14.6. The lowest BCUT2D eigenvalue weighted by atomic mass is 9.93. The van der Waals surface area contributed by atoms with Gasteiger partial charge in [0.15, 0.2) is 11.6 Å². The Balaban J connectivity index is 3.69. The minimum absolute atomic E-state index is 0.0596. The number of ketones is 2. The van der Waals surface area contributed by atoms with Gasteiger partial charge in [-0.15, -0.1) is 0 Å². The van der Waals surface area contributed by atoms with Crippen LogP contribution in [0.5, 0.6) is 0 Å². The van der Waals surface area contributed by atoms with E-state index in [0.29, 0.717) is 0 Å². The number of carboxylic acids is 2. The van der Waals surface area contributed by atoms with Gasteiger partial charge in [0.2, 0.25) is 0 Å². The summed E-state index contributed by atoms with van der Waals surface area (Å²) in [5, 5.41) is 18.0.